The summed E-state index contributed by atoms with van der Waals surface area (Å²) in [5.74, 6) is 0.742. The Morgan fingerprint density at radius 3 is 2.94 bits per heavy atom. The second-order valence-corrected chi connectivity index (χ2v) is 4.87. The second kappa shape index (κ2) is 6.67. The van der Waals surface area contributed by atoms with Gasteiger partial charge < -0.3 is 10.4 Å². The van der Waals surface area contributed by atoms with Crippen LogP contribution in [0.5, 0.6) is 0 Å². The molecule has 1 aliphatic carbocycles. The molecule has 0 saturated heterocycles. The monoisotopic (exact) mass is 235 g/mol. The Morgan fingerprint density at radius 2 is 2.24 bits per heavy atom. The normalized spacial score (nSPS) is 18.4. The zero-order valence-electron chi connectivity index (χ0n) is 10.2. The largest absolute Gasteiger partial charge is 0.392 e. The van der Waals surface area contributed by atoms with E-state index >= 15 is 0 Å². The van der Waals surface area contributed by atoms with Gasteiger partial charge in [0.2, 0.25) is 0 Å². The van der Waals surface area contributed by atoms with Crippen molar-refractivity contribution in [3.8, 4) is 0 Å². The minimum absolute atomic E-state index is 0.222. The van der Waals surface area contributed by atoms with Crippen molar-refractivity contribution in [2.45, 2.75) is 44.8 Å². The first-order valence-electron chi connectivity index (χ1n) is 6.48. The smallest absolute Gasteiger partial charge is 0.115 e. The average molecular weight is 235 g/mol. The molecular weight excluding hydrogens is 214 g/mol. The summed E-state index contributed by atoms with van der Waals surface area (Å²) in [6.07, 6.45) is 9.27. The highest BCUT2D eigenvalue weighted by Crippen LogP contribution is 2.28. The molecule has 0 amide bonds. The van der Waals surface area contributed by atoms with E-state index in [4.69, 9.17) is 0 Å². The molecule has 1 fully saturated rings. The number of aliphatic hydroxyl groups is 1. The highest BCUT2D eigenvalue weighted by atomic mass is 16.3. The maximum Gasteiger partial charge on any atom is 0.115 e. The summed E-state index contributed by atoms with van der Waals surface area (Å²) in [5, 5.41) is 13.1. The molecule has 4 heteroatoms. The van der Waals surface area contributed by atoms with Crippen LogP contribution in [0.15, 0.2) is 18.6 Å². The summed E-state index contributed by atoms with van der Waals surface area (Å²) in [6.45, 7) is 1.35. The molecule has 94 valence electrons. The molecule has 1 aromatic heterocycles. The van der Waals surface area contributed by atoms with Gasteiger partial charge in [-0.1, -0.05) is 25.7 Å². The van der Waals surface area contributed by atoms with E-state index in [0.717, 1.165) is 18.0 Å². The number of aliphatic hydroxyl groups excluding tert-OH is 1. The fourth-order valence-corrected chi connectivity index (χ4v) is 2.50. The molecule has 17 heavy (non-hydrogen) atoms. The topological polar surface area (TPSA) is 58.0 Å². The van der Waals surface area contributed by atoms with Crippen LogP contribution in [-0.4, -0.2) is 27.7 Å². The Balaban J connectivity index is 1.61. The van der Waals surface area contributed by atoms with Crippen molar-refractivity contribution in [3.05, 3.63) is 24.3 Å². The van der Waals surface area contributed by atoms with Crippen molar-refractivity contribution in [2.24, 2.45) is 5.92 Å². The van der Waals surface area contributed by atoms with Gasteiger partial charge in [0.25, 0.3) is 0 Å². The molecule has 1 heterocycles. The molecule has 1 atom stereocenters. The van der Waals surface area contributed by atoms with Crippen LogP contribution in [0.1, 0.15) is 37.8 Å². The lowest BCUT2D eigenvalue weighted by atomic mass is 10.0. The van der Waals surface area contributed by atoms with Gasteiger partial charge in [-0.3, -0.25) is 0 Å². The van der Waals surface area contributed by atoms with Gasteiger partial charge in [0.1, 0.15) is 6.33 Å². The predicted molar refractivity (Wildman–Crippen MR) is 66.3 cm³/mol. The highest BCUT2D eigenvalue weighted by Gasteiger charge is 2.18. The Bertz CT molecular complexity index is 312. The third-order valence-electron chi connectivity index (χ3n) is 3.41. The average Bonchev–Trinajstić information content (AvgIpc) is 2.83. The fraction of sp³-hybridized carbons (Fsp3) is 0.692. The molecule has 0 aromatic carbocycles. The van der Waals surface area contributed by atoms with Gasteiger partial charge in [-0.05, 0) is 18.4 Å². The summed E-state index contributed by atoms with van der Waals surface area (Å²) in [4.78, 5) is 7.99. The third-order valence-corrected chi connectivity index (χ3v) is 3.41. The molecule has 2 N–H and O–H groups in total. The van der Waals surface area contributed by atoms with Crippen LogP contribution in [0.2, 0.25) is 0 Å². The van der Waals surface area contributed by atoms with E-state index in [1.807, 2.05) is 6.07 Å². The molecule has 4 nitrogen and oxygen atoms in total. The van der Waals surface area contributed by atoms with Crippen LogP contribution in [-0.2, 0) is 6.54 Å². The molecule has 0 spiro atoms. The molecule has 2 rings (SSSR count). The van der Waals surface area contributed by atoms with E-state index in [1.54, 1.807) is 12.5 Å². The van der Waals surface area contributed by atoms with Crippen LogP contribution in [0.25, 0.3) is 0 Å². The first-order chi connectivity index (χ1) is 8.34. The zero-order valence-corrected chi connectivity index (χ0v) is 10.2. The number of rotatable bonds is 6. The van der Waals surface area contributed by atoms with Gasteiger partial charge in [0.05, 0.1) is 11.8 Å². The van der Waals surface area contributed by atoms with Crippen LogP contribution in [0.3, 0.4) is 0 Å². The lowest BCUT2D eigenvalue weighted by molar-refractivity contribution is 0.140. The van der Waals surface area contributed by atoms with E-state index in [0.29, 0.717) is 13.1 Å². The summed E-state index contributed by atoms with van der Waals surface area (Å²) < 4.78 is 0. The van der Waals surface area contributed by atoms with E-state index in [-0.39, 0.29) is 6.10 Å². The van der Waals surface area contributed by atoms with Gasteiger partial charge in [-0.25, -0.2) is 9.97 Å². The molecule has 1 aliphatic rings. The number of hydrogen-bond acceptors (Lipinski definition) is 4. The maximum atomic E-state index is 9.89. The Morgan fingerprint density at radius 1 is 1.41 bits per heavy atom. The minimum atomic E-state index is -0.222. The van der Waals surface area contributed by atoms with E-state index in [9.17, 15) is 5.11 Å². The summed E-state index contributed by atoms with van der Waals surface area (Å²) in [7, 11) is 0. The molecule has 0 aliphatic heterocycles. The summed E-state index contributed by atoms with van der Waals surface area (Å²) in [6, 6.07) is 1.89. The number of nitrogens with one attached hydrogen (secondary N) is 1. The van der Waals surface area contributed by atoms with Crippen LogP contribution in [0.4, 0.5) is 0 Å². The highest BCUT2D eigenvalue weighted by molar-refractivity contribution is 4.96. The first kappa shape index (κ1) is 12.5. The summed E-state index contributed by atoms with van der Waals surface area (Å²) in [5.41, 5.74) is 0.966. The van der Waals surface area contributed by atoms with Crippen molar-refractivity contribution in [1.29, 1.82) is 0 Å². The Hall–Kier alpha value is -1.00. The van der Waals surface area contributed by atoms with Crippen LogP contribution < -0.4 is 5.32 Å². The summed E-state index contributed by atoms with van der Waals surface area (Å²) >= 11 is 0. The van der Waals surface area contributed by atoms with Gasteiger partial charge in [0.15, 0.2) is 0 Å². The number of aromatic nitrogens is 2. The molecule has 1 saturated carbocycles. The van der Waals surface area contributed by atoms with Gasteiger partial charge >= 0.3 is 0 Å². The van der Waals surface area contributed by atoms with E-state index in [2.05, 4.69) is 15.3 Å². The lowest BCUT2D eigenvalue weighted by Gasteiger charge is -2.15. The van der Waals surface area contributed by atoms with Crippen LogP contribution in [0, 0.1) is 5.92 Å². The number of hydrogen-bond donors (Lipinski definition) is 2. The number of nitrogens with zero attached hydrogens (tertiary/aromatic N) is 2. The molecule has 0 bridgehead atoms. The van der Waals surface area contributed by atoms with Crippen molar-refractivity contribution in [2.75, 3.05) is 6.54 Å². The Kier molecular flexibility index (Phi) is 4.88. The SMILES string of the molecule is OC(CNCc1ccncn1)CC1CCCC1. The van der Waals surface area contributed by atoms with Crippen molar-refractivity contribution in [1.82, 2.24) is 15.3 Å². The quantitative estimate of drug-likeness (QED) is 0.784. The molecule has 1 aromatic rings. The molecule has 1 unspecified atom stereocenters. The van der Waals surface area contributed by atoms with Gasteiger partial charge in [-0.15, -0.1) is 0 Å². The standard InChI is InChI=1S/C13H21N3O/c17-13(7-11-3-1-2-4-11)9-15-8-12-5-6-14-10-16-12/h5-6,10-11,13,15,17H,1-4,7-9H2. The Labute approximate surface area is 102 Å². The van der Waals surface area contributed by atoms with Gasteiger partial charge in [-0.2, -0.15) is 0 Å². The van der Waals surface area contributed by atoms with E-state index < -0.39 is 0 Å². The minimum Gasteiger partial charge on any atom is -0.392 e. The van der Waals surface area contributed by atoms with Crippen LogP contribution >= 0.6 is 0 Å². The van der Waals surface area contributed by atoms with Crippen molar-refractivity contribution >= 4 is 0 Å². The first-order valence-corrected chi connectivity index (χ1v) is 6.48. The second-order valence-electron chi connectivity index (χ2n) is 4.87. The maximum absolute atomic E-state index is 9.89. The molecular formula is C13H21N3O. The fourth-order valence-electron chi connectivity index (χ4n) is 2.50. The van der Waals surface area contributed by atoms with E-state index in [1.165, 1.54) is 25.7 Å². The van der Waals surface area contributed by atoms with Gasteiger partial charge in [0, 0.05) is 19.3 Å². The lowest BCUT2D eigenvalue weighted by Crippen LogP contribution is -2.28. The van der Waals surface area contributed by atoms with Crippen molar-refractivity contribution in [3.63, 3.8) is 0 Å². The van der Waals surface area contributed by atoms with Crippen molar-refractivity contribution < 1.29 is 5.11 Å². The zero-order chi connectivity index (χ0) is 11.9. The third kappa shape index (κ3) is 4.40. The predicted octanol–water partition coefficient (Wildman–Crippen LogP) is 1.51. The molecule has 0 radical (unpaired) electrons.